The maximum absolute atomic E-state index is 9.17. The molecule has 3 heteroatoms. The van der Waals surface area contributed by atoms with Crippen LogP contribution in [0.3, 0.4) is 0 Å². The van der Waals surface area contributed by atoms with Gasteiger partial charge in [0.05, 0.1) is 6.10 Å². The van der Waals surface area contributed by atoms with Gasteiger partial charge < -0.3 is 10.4 Å². The molecule has 0 aromatic heterocycles. The van der Waals surface area contributed by atoms with Crippen molar-refractivity contribution in [3.63, 3.8) is 0 Å². The summed E-state index contributed by atoms with van der Waals surface area (Å²) in [6.07, 6.45) is -0.298. The highest BCUT2D eigenvalue weighted by atomic mass is 32.2. The van der Waals surface area contributed by atoms with Gasteiger partial charge in [0.15, 0.2) is 0 Å². The summed E-state index contributed by atoms with van der Waals surface area (Å²) in [5.41, 5.74) is 1.23. The zero-order valence-corrected chi connectivity index (χ0v) is 11.9. The molecule has 0 aliphatic rings. The Morgan fingerprint density at radius 1 is 1.00 bits per heavy atom. The van der Waals surface area contributed by atoms with E-state index in [1.807, 2.05) is 6.07 Å². The van der Waals surface area contributed by atoms with Crippen molar-refractivity contribution < 1.29 is 5.11 Å². The van der Waals surface area contributed by atoms with Crippen LogP contribution in [0.5, 0.6) is 0 Å². The zero-order valence-electron chi connectivity index (χ0n) is 11.0. The molecule has 2 rings (SSSR count). The van der Waals surface area contributed by atoms with Crippen molar-refractivity contribution in [2.45, 2.75) is 29.4 Å². The summed E-state index contributed by atoms with van der Waals surface area (Å²) in [4.78, 5) is 2.49. The van der Waals surface area contributed by atoms with Gasteiger partial charge in [-0.05, 0) is 36.8 Å². The molecular formula is C16H19NOS. The molecule has 0 saturated heterocycles. The van der Waals surface area contributed by atoms with Crippen LogP contribution >= 0.6 is 11.8 Å². The van der Waals surface area contributed by atoms with E-state index in [-0.39, 0.29) is 6.10 Å². The van der Waals surface area contributed by atoms with Crippen LogP contribution in [0.2, 0.25) is 0 Å². The number of benzene rings is 2. The van der Waals surface area contributed by atoms with Crippen LogP contribution < -0.4 is 5.32 Å². The maximum Gasteiger partial charge on any atom is 0.0636 e. The van der Waals surface area contributed by atoms with Crippen molar-refractivity contribution in [3.05, 3.63) is 60.2 Å². The van der Waals surface area contributed by atoms with Crippen molar-refractivity contribution >= 4 is 11.8 Å². The van der Waals surface area contributed by atoms with Crippen LogP contribution in [0.1, 0.15) is 12.5 Å². The average molecular weight is 273 g/mol. The van der Waals surface area contributed by atoms with Gasteiger partial charge in [-0.2, -0.15) is 0 Å². The molecule has 19 heavy (non-hydrogen) atoms. The van der Waals surface area contributed by atoms with Crippen LogP contribution in [0.15, 0.2) is 64.4 Å². The van der Waals surface area contributed by atoms with Crippen LogP contribution in [-0.2, 0) is 6.54 Å². The van der Waals surface area contributed by atoms with E-state index in [9.17, 15) is 5.11 Å². The maximum atomic E-state index is 9.17. The molecule has 2 N–H and O–H groups in total. The minimum atomic E-state index is -0.298. The predicted molar refractivity (Wildman–Crippen MR) is 80.4 cm³/mol. The molecule has 0 saturated carbocycles. The van der Waals surface area contributed by atoms with E-state index in [2.05, 4.69) is 53.8 Å². The second-order valence-electron chi connectivity index (χ2n) is 4.54. The lowest BCUT2D eigenvalue weighted by Crippen LogP contribution is -2.23. The van der Waals surface area contributed by atoms with Crippen molar-refractivity contribution in [2.24, 2.45) is 0 Å². The quantitative estimate of drug-likeness (QED) is 0.847. The molecule has 1 atom stereocenters. The first-order valence-corrected chi connectivity index (χ1v) is 7.26. The van der Waals surface area contributed by atoms with Gasteiger partial charge in [-0.3, -0.25) is 0 Å². The predicted octanol–water partition coefficient (Wildman–Crippen LogP) is 3.31. The first-order chi connectivity index (χ1) is 9.24. The Kier molecular flexibility index (Phi) is 5.45. The minimum absolute atomic E-state index is 0.298. The fraction of sp³-hybridized carbons (Fsp3) is 0.250. The van der Waals surface area contributed by atoms with Crippen molar-refractivity contribution in [1.82, 2.24) is 5.32 Å². The van der Waals surface area contributed by atoms with E-state index < -0.39 is 0 Å². The molecule has 100 valence electrons. The van der Waals surface area contributed by atoms with Gasteiger partial charge >= 0.3 is 0 Å². The van der Waals surface area contributed by atoms with Crippen LogP contribution in [0.4, 0.5) is 0 Å². The van der Waals surface area contributed by atoms with Crippen LogP contribution in [0, 0.1) is 0 Å². The molecule has 0 radical (unpaired) electrons. The van der Waals surface area contributed by atoms with Gasteiger partial charge in [-0.25, -0.2) is 0 Å². The zero-order chi connectivity index (χ0) is 13.5. The number of hydrogen-bond acceptors (Lipinski definition) is 3. The van der Waals surface area contributed by atoms with Crippen molar-refractivity contribution in [2.75, 3.05) is 6.54 Å². The van der Waals surface area contributed by atoms with Crippen LogP contribution in [-0.4, -0.2) is 17.8 Å². The summed E-state index contributed by atoms with van der Waals surface area (Å²) in [5.74, 6) is 0. The van der Waals surface area contributed by atoms with Gasteiger partial charge in [0, 0.05) is 22.9 Å². The molecule has 0 fully saturated rings. The van der Waals surface area contributed by atoms with Gasteiger partial charge in [0.1, 0.15) is 0 Å². The van der Waals surface area contributed by atoms with Crippen LogP contribution in [0.25, 0.3) is 0 Å². The smallest absolute Gasteiger partial charge is 0.0636 e. The molecule has 2 nitrogen and oxygen atoms in total. The number of aliphatic hydroxyl groups excluding tert-OH is 1. The molecule has 0 bridgehead atoms. The second-order valence-corrected chi connectivity index (χ2v) is 5.69. The Balaban J connectivity index is 1.88. The fourth-order valence-corrected chi connectivity index (χ4v) is 2.56. The molecule has 1 unspecified atom stereocenters. The highest BCUT2D eigenvalue weighted by Gasteiger charge is 1.99. The number of hydrogen-bond donors (Lipinski definition) is 2. The number of nitrogens with one attached hydrogen (secondary N) is 1. The Morgan fingerprint density at radius 2 is 1.63 bits per heavy atom. The highest BCUT2D eigenvalue weighted by molar-refractivity contribution is 7.99. The summed E-state index contributed by atoms with van der Waals surface area (Å²) >= 11 is 1.76. The van der Waals surface area contributed by atoms with E-state index in [4.69, 9.17) is 0 Å². The Hall–Kier alpha value is -1.29. The molecule has 0 aliphatic heterocycles. The topological polar surface area (TPSA) is 32.3 Å². The summed E-state index contributed by atoms with van der Waals surface area (Å²) in [6, 6.07) is 18.9. The summed E-state index contributed by atoms with van der Waals surface area (Å²) < 4.78 is 0. The summed E-state index contributed by atoms with van der Waals surface area (Å²) in [6.45, 7) is 3.20. The second kappa shape index (κ2) is 7.34. The fourth-order valence-electron chi connectivity index (χ4n) is 1.73. The first-order valence-electron chi connectivity index (χ1n) is 6.44. The van der Waals surface area contributed by atoms with E-state index in [0.29, 0.717) is 6.54 Å². The first kappa shape index (κ1) is 14.1. The SMILES string of the molecule is CC(O)CNCc1ccc(Sc2ccccc2)cc1. The molecule has 0 aliphatic carbocycles. The van der Waals surface area contributed by atoms with Crippen molar-refractivity contribution in [3.8, 4) is 0 Å². The normalized spacial score (nSPS) is 12.3. The third-order valence-corrected chi connectivity index (χ3v) is 3.69. The molecule has 2 aromatic carbocycles. The Bertz CT molecular complexity index is 482. The van der Waals surface area contributed by atoms with Gasteiger partial charge in [0.2, 0.25) is 0 Å². The molecule has 0 amide bonds. The molecule has 2 aromatic rings. The average Bonchev–Trinajstić information content (AvgIpc) is 2.42. The van der Waals surface area contributed by atoms with Gasteiger partial charge in [-0.1, -0.05) is 42.1 Å². The monoisotopic (exact) mass is 273 g/mol. The highest BCUT2D eigenvalue weighted by Crippen LogP contribution is 2.27. The lowest BCUT2D eigenvalue weighted by atomic mass is 10.2. The van der Waals surface area contributed by atoms with E-state index in [1.165, 1.54) is 15.4 Å². The van der Waals surface area contributed by atoms with E-state index >= 15 is 0 Å². The summed E-state index contributed by atoms with van der Waals surface area (Å²) in [5, 5.41) is 12.4. The van der Waals surface area contributed by atoms with E-state index in [1.54, 1.807) is 18.7 Å². The van der Waals surface area contributed by atoms with Gasteiger partial charge in [0.25, 0.3) is 0 Å². The van der Waals surface area contributed by atoms with Crippen molar-refractivity contribution in [1.29, 1.82) is 0 Å². The largest absolute Gasteiger partial charge is 0.392 e. The third kappa shape index (κ3) is 5.07. The standard InChI is InChI=1S/C16H19NOS/c1-13(18)11-17-12-14-7-9-16(10-8-14)19-15-5-3-2-4-6-15/h2-10,13,17-18H,11-12H2,1H3. The minimum Gasteiger partial charge on any atom is -0.392 e. The van der Waals surface area contributed by atoms with Gasteiger partial charge in [-0.15, -0.1) is 0 Å². The Labute approximate surface area is 118 Å². The molecular weight excluding hydrogens is 254 g/mol. The molecule has 0 spiro atoms. The lowest BCUT2D eigenvalue weighted by Gasteiger charge is -2.07. The Morgan fingerprint density at radius 3 is 2.26 bits per heavy atom. The summed E-state index contributed by atoms with van der Waals surface area (Å²) in [7, 11) is 0. The lowest BCUT2D eigenvalue weighted by molar-refractivity contribution is 0.191. The van der Waals surface area contributed by atoms with E-state index in [0.717, 1.165) is 6.54 Å². The number of rotatable bonds is 6. The third-order valence-electron chi connectivity index (χ3n) is 2.67. The number of aliphatic hydroxyl groups is 1. The molecule has 0 heterocycles.